The van der Waals surface area contributed by atoms with E-state index < -0.39 is 0 Å². The second-order valence-corrected chi connectivity index (χ2v) is 3.02. The lowest BCUT2D eigenvalue weighted by Gasteiger charge is -2.22. The standard InChI is InChI=1S/C8H17NO2/c1-3-7(4-2)9-5-8(10)6-11-9/h7-8,10H,3-6H2,1-2H3/t8-/m0/s1. The van der Waals surface area contributed by atoms with Crippen LogP contribution in [0.2, 0.25) is 0 Å². The first-order valence-electron chi connectivity index (χ1n) is 4.35. The third-order valence-corrected chi connectivity index (χ3v) is 2.17. The van der Waals surface area contributed by atoms with Gasteiger partial charge in [-0.25, -0.2) is 0 Å². The van der Waals surface area contributed by atoms with Crippen molar-refractivity contribution >= 4 is 0 Å². The average Bonchev–Trinajstić information content (AvgIpc) is 2.39. The van der Waals surface area contributed by atoms with Crippen LogP contribution in [0, 0.1) is 0 Å². The fraction of sp³-hybridized carbons (Fsp3) is 1.00. The highest BCUT2D eigenvalue weighted by atomic mass is 16.7. The second kappa shape index (κ2) is 4.04. The predicted molar refractivity (Wildman–Crippen MR) is 43.0 cm³/mol. The molecule has 0 aromatic carbocycles. The Labute approximate surface area is 67.9 Å². The number of hydrogen-bond acceptors (Lipinski definition) is 3. The van der Waals surface area contributed by atoms with Gasteiger partial charge in [0.2, 0.25) is 0 Å². The van der Waals surface area contributed by atoms with E-state index in [1.54, 1.807) is 0 Å². The molecule has 1 N–H and O–H groups in total. The molecule has 1 fully saturated rings. The number of β-amino-alcohol motifs (C(OH)–C–C–N with tert-alkyl or cyclic N) is 1. The van der Waals surface area contributed by atoms with Crippen molar-refractivity contribution in [1.82, 2.24) is 5.06 Å². The second-order valence-electron chi connectivity index (χ2n) is 3.02. The van der Waals surface area contributed by atoms with Crippen molar-refractivity contribution in [2.45, 2.75) is 38.8 Å². The lowest BCUT2D eigenvalue weighted by molar-refractivity contribution is -0.142. The van der Waals surface area contributed by atoms with E-state index in [1.165, 1.54) is 0 Å². The summed E-state index contributed by atoms with van der Waals surface area (Å²) in [6.45, 7) is 5.42. The maximum Gasteiger partial charge on any atom is 0.0958 e. The van der Waals surface area contributed by atoms with Crippen LogP contribution >= 0.6 is 0 Å². The minimum atomic E-state index is -0.282. The Hall–Kier alpha value is -0.120. The van der Waals surface area contributed by atoms with Crippen LogP contribution in [-0.4, -0.2) is 35.5 Å². The third-order valence-electron chi connectivity index (χ3n) is 2.17. The van der Waals surface area contributed by atoms with Gasteiger partial charge in [0.15, 0.2) is 0 Å². The Kier molecular flexibility index (Phi) is 3.30. The largest absolute Gasteiger partial charge is 0.389 e. The summed E-state index contributed by atoms with van der Waals surface area (Å²) in [5.41, 5.74) is 0. The van der Waals surface area contributed by atoms with Crippen LogP contribution in [-0.2, 0) is 4.84 Å². The zero-order valence-corrected chi connectivity index (χ0v) is 7.29. The highest BCUT2D eigenvalue weighted by Gasteiger charge is 2.25. The maximum atomic E-state index is 9.17. The van der Waals surface area contributed by atoms with Crippen molar-refractivity contribution in [2.24, 2.45) is 0 Å². The van der Waals surface area contributed by atoms with Crippen molar-refractivity contribution in [1.29, 1.82) is 0 Å². The average molecular weight is 159 g/mol. The van der Waals surface area contributed by atoms with Gasteiger partial charge >= 0.3 is 0 Å². The first-order valence-corrected chi connectivity index (χ1v) is 4.35. The van der Waals surface area contributed by atoms with E-state index in [9.17, 15) is 5.11 Å². The fourth-order valence-electron chi connectivity index (χ4n) is 1.45. The maximum absolute atomic E-state index is 9.17. The number of hydrogen-bond donors (Lipinski definition) is 1. The Morgan fingerprint density at radius 1 is 1.55 bits per heavy atom. The van der Waals surface area contributed by atoms with E-state index in [2.05, 4.69) is 13.8 Å². The topological polar surface area (TPSA) is 32.7 Å². The van der Waals surface area contributed by atoms with E-state index in [0.717, 1.165) is 12.8 Å². The lowest BCUT2D eigenvalue weighted by Crippen LogP contribution is -2.31. The molecule has 1 rings (SSSR count). The van der Waals surface area contributed by atoms with Crippen LogP contribution in [0.1, 0.15) is 26.7 Å². The minimum absolute atomic E-state index is 0.282. The monoisotopic (exact) mass is 159 g/mol. The quantitative estimate of drug-likeness (QED) is 0.660. The van der Waals surface area contributed by atoms with Crippen LogP contribution < -0.4 is 0 Å². The highest BCUT2D eigenvalue weighted by molar-refractivity contribution is 4.70. The van der Waals surface area contributed by atoms with Crippen LogP contribution in [0.5, 0.6) is 0 Å². The van der Waals surface area contributed by atoms with E-state index in [-0.39, 0.29) is 6.10 Å². The summed E-state index contributed by atoms with van der Waals surface area (Å²) in [6.07, 6.45) is 1.89. The smallest absolute Gasteiger partial charge is 0.0958 e. The zero-order chi connectivity index (χ0) is 8.27. The molecule has 0 aromatic rings. The van der Waals surface area contributed by atoms with Crippen molar-refractivity contribution in [3.8, 4) is 0 Å². The normalized spacial score (nSPS) is 26.7. The molecule has 0 spiro atoms. The Morgan fingerprint density at radius 2 is 2.18 bits per heavy atom. The summed E-state index contributed by atoms with van der Waals surface area (Å²) in [5.74, 6) is 0. The predicted octanol–water partition coefficient (Wildman–Crippen LogP) is 0.783. The van der Waals surface area contributed by atoms with E-state index >= 15 is 0 Å². The number of hydroxylamine groups is 2. The summed E-state index contributed by atoms with van der Waals surface area (Å²) in [7, 11) is 0. The molecule has 3 nitrogen and oxygen atoms in total. The van der Waals surface area contributed by atoms with Gasteiger partial charge in [-0.1, -0.05) is 13.8 Å². The van der Waals surface area contributed by atoms with Gasteiger partial charge in [-0.05, 0) is 12.8 Å². The molecule has 0 saturated carbocycles. The Morgan fingerprint density at radius 3 is 2.55 bits per heavy atom. The molecule has 0 aliphatic carbocycles. The molecule has 0 radical (unpaired) electrons. The highest BCUT2D eigenvalue weighted by Crippen LogP contribution is 2.14. The van der Waals surface area contributed by atoms with Crippen LogP contribution in [0.4, 0.5) is 0 Å². The van der Waals surface area contributed by atoms with Crippen molar-refractivity contribution in [3.05, 3.63) is 0 Å². The van der Waals surface area contributed by atoms with Gasteiger partial charge in [0.25, 0.3) is 0 Å². The molecule has 1 heterocycles. The lowest BCUT2D eigenvalue weighted by atomic mass is 10.1. The van der Waals surface area contributed by atoms with Crippen LogP contribution in [0.25, 0.3) is 0 Å². The molecular formula is C8H17NO2. The molecule has 0 amide bonds. The number of rotatable bonds is 3. The molecule has 0 aromatic heterocycles. The van der Waals surface area contributed by atoms with Crippen molar-refractivity contribution in [3.63, 3.8) is 0 Å². The molecule has 0 unspecified atom stereocenters. The number of aliphatic hydroxyl groups is 1. The molecule has 1 aliphatic heterocycles. The Balaban J connectivity index is 2.34. The molecule has 66 valence electrons. The van der Waals surface area contributed by atoms with Crippen LogP contribution in [0.15, 0.2) is 0 Å². The summed E-state index contributed by atoms with van der Waals surface area (Å²) in [5, 5.41) is 11.1. The van der Waals surface area contributed by atoms with Crippen LogP contribution in [0.3, 0.4) is 0 Å². The van der Waals surface area contributed by atoms with Gasteiger partial charge in [0, 0.05) is 6.04 Å². The van der Waals surface area contributed by atoms with Gasteiger partial charge < -0.3 is 5.11 Å². The molecule has 0 bridgehead atoms. The summed E-state index contributed by atoms with van der Waals surface area (Å²) in [4.78, 5) is 5.29. The first-order chi connectivity index (χ1) is 5.27. The summed E-state index contributed by atoms with van der Waals surface area (Å²) >= 11 is 0. The van der Waals surface area contributed by atoms with Gasteiger partial charge in [0.1, 0.15) is 0 Å². The van der Waals surface area contributed by atoms with E-state index in [0.29, 0.717) is 19.2 Å². The van der Waals surface area contributed by atoms with Gasteiger partial charge in [-0.3, -0.25) is 4.84 Å². The zero-order valence-electron chi connectivity index (χ0n) is 7.29. The van der Waals surface area contributed by atoms with Gasteiger partial charge in [0.05, 0.1) is 19.3 Å². The summed E-state index contributed by atoms with van der Waals surface area (Å²) in [6, 6.07) is 0.479. The number of nitrogens with zero attached hydrogens (tertiary/aromatic N) is 1. The third kappa shape index (κ3) is 2.15. The van der Waals surface area contributed by atoms with Crippen molar-refractivity contribution < 1.29 is 9.94 Å². The number of aliphatic hydroxyl groups excluding tert-OH is 1. The molecule has 1 atom stereocenters. The fourth-order valence-corrected chi connectivity index (χ4v) is 1.45. The summed E-state index contributed by atoms with van der Waals surface area (Å²) < 4.78 is 0. The van der Waals surface area contributed by atoms with E-state index in [1.807, 2.05) is 5.06 Å². The molecular weight excluding hydrogens is 142 g/mol. The molecule has 1 saturated heterocycles. The molecule has 11 heavy (non-hydrogen) atoms. The SMILES string of the molecule is CCC(CC)N1C[C@H](O)CO1. The molecule has 3 heteroatoms. The molecule has 1 aliphatic rings. The Bertz CT molecular complexity index is 115. The minimum Gasteiger partial charge on any atom is -0.389 e. The van der Waals surface area contributed by atoms with E-state index in [4.69, 9.17) is 4.84 Å². The van der Waals surface area contributed by atoms with Gasteiger partial charge in [-0.15, -0.1) is 0 Å². The van der Waals surface area contributed by atoms with Gasteiger partial charge in [-0.2, -0.15) is 5.06 Å². The van der Waals surface area contributed by atoms with Crippen molar-refractivity contribution in [2.75, 3.05) is 13.2 Å². The first kappa shape index (κ1) is 8.97.